The van der Waals surface area contributed by atoms with Gasteiger partial charge in [0.2, 0.25) is 0 Å². The van der Waals surface area contributed by atoms with Crippen molar-refractivity contribution in [3.63, 3.8) is 0 Å². The maximum atomic E-state index is 12.7. The van der Waals surface area contributed by atoms with Crippen molar-refractivity contribution in [3.05, 3.63) is 112 Å². The van der Waals surface area contributed by atoms with Gasteiger partial charge < -0.3 is 19.2 Å². The smallest absolute Gasteiger partial charge is 0.351 e. The Hall–Kier alpha value is -5.16. The monoisotopic (exact) mass is 480 g/mol. The van der Waals surface area contributed by atoms with Gasteiger partial charge in [0.1, 0.15) is 22.8 Å². The molecule has 3 aromatic carbocycles. The molecule has 0 spiro atoms. The summed E-state index contributed by atoms with van der Waals surface area (Å²) in [4.78, 5) is 37.4. The number of hydrogen-bond donors (Lipinski definition) is 1. The highest BCUT2D eigenvalue weighted by Crippen LogP contribution is 2.30. The second kappa shape index (κ2) is 10.8. The molecule has 1 heterocycles. The summed E-state index contributed by atoms with van der Waals surface area (Å²) in [5, 5.41) is 12.7. The number of ether oxygens (including phenoxy) is 2. The molecule has 8 nitrogen and oxygen atoms in total. The number of benzene rings is 3. The van der Waals surface area contributed by atoms with E-state index in [2.05, 4.69) is 5.32 Å². The predicted molar refractivity (Wildman–Crippen MR) is 132 cm³/mol. The Bertz CT molecular complexity index is 1560. The number of methoxy groups -OCH3 is 1. The molecule has 0 fully saturated rings. The van der Waals surface area contributed by atoms with E-state index in [1.807, 2.05) is 36.4 Å². The van der Waals surface area contributed by atoms with Gasteiger partial charge in [-0.1, -0.05) is 54.6 Å². The standard InChI is InChI=1S/C28H20N2O6/c1-34-25-14-19(13-21(16-29)26(31)30-17-18-7-3-2-4-8-18)11-12-24(25)36-28(33)22-15-20-9-5-6-10-23(20)35-27(22)32/h2-15H,17H2,1H3,(H,30,31). The van der Waals surface area contributed by atoms with E-state index in [1.165, 1.54) is 31.4 Å². The van der Waals surface area contributed by atoms with E-state index in [0.717, 1.165) is 5.56 Å². The molecule has 36 heavy (non-hydrogen) atoms. The first-order valence-corrected chi connectivity index (χ1v) is 10.9. The van der Waals surface area contributed by atoms with E-state index >= 15 is 0 Å². The van der Waals surface area contributed by atoms with Crippen LogP contribution in [-0.2, 0) is 11.3 Å². The highest BCUT2D eigenvalue weighted by Gasteiger charge is 2.18. The zero-order valence-corrected chi connectivity index (χ0v) is 19.2. The first-order chi connectivity index (χ1) is 17.5. The second-order valence-corrected chi connectivity index (χ2v) is 7.62. The minimum Gasteiger partial charge on any atom is -0.493 e. The van der Waals surface area contributed by atoms with E-state index in [4.69, 9.17) is 13.9 Å². The third-order valence-electron chi connectivity index (χ3n) is 5.22. The van der Waals surface area contributed by atoms with Crippen molar-refractivity contribution in [2.75, 3.05) is 7.11 Å². The van der Waals surface area contributed by atoms with Crippen molar-refractivity contribution in [2.24, 2.45) is 0 Å². The topological polar surface area (TPSA) is 119 Å². The Morgan fingerprint density at radius 1 is 1.00 bits per heavy atom. The van der Waals surface area contributed by atoms with Gasteiger partial charge in [-0.25, -0.2) is 9.59 Å². The van der Waals surface area contributed by atoms with E-state index in [1.54, 1.807) is 30.3 Å². The average Bonchev–Trinajstić information content (AvgIpc) is 2.91. The molecule has 0 saturated carbocycles. The molecule has 0 bridgehead atoms. The molecular weight excluding hydrogens is 460 g/mol. The van der Waals surface area contributed by atoms with Crippen LogP contribution < -0.4 is 20.4 Å². The van der Waals surface area contributed by atoms with Crippen molar-refractivity contribution in [3.8, 4) is 17.6 Å². The van der Waals surface area contributed by atoms with Crippen molar-refractivity contribution >= 4 is 28.9 Å². The Balaban J connectivity index is 1.52. The van der Waals surface area contributed by atoms with Crippen LogP contribution in [0.15, 0.2) is 93.6 Å². The molecule has 4 aromatic rings. The van der Waals surface area contributed by atoms with Crippen molar-refractivity contribution < 1.29 is 23.5 Å². The molecule has 0 aliphatic carbocycles. The molecule has 0 aliphatic heterocycles. The fourth-order valence-corrected chi connectivity index (χ4v) is 3.41. The zero-order valence-electron chi connectivity index (χ0n) is 19.2. The van der Waals surface area contributed by atoms with Crippen molar-refractivity contribution in [1.29, 1.82) is 5.26 Å². The SMILES string of the molecule is COc1cc(C=C(C#N)C(=O)NCc2ccccc2)ccc1OC(=O)c1cc2ccccc2oc1=O. The summed E-state index contributed by atoms with van der Waals surface area (Å²) < 4.78 is 15.9. The first-order valence-electron chi connectivity index (χ1n) is 10.9. The Labute approximate surface area is 206 Å². The second-order valence-electron chi connectivity index (χ2n) is 7.62. The highest BCUT2D eigenvalue weighted by atomic mass is 16.6. The van der Waals surface area contributed by atoms with Gasteiger partial charge in [0.05, 0.1) is 7.11 Å². The van der Waals surface area contributed by atoms with Crippen LogP contribution in [0.4, 0.5) is 0 Å². The number of fused-ring (bicyclic) bond motifs is 1. The summed E-state index contributed by atoms with van der Waals surface area (Å²) in [5.41, 5.74) is 0.541. The van der Waals surface area contributed by atoms with Crippen LogP contribution in [0.2, 0.25) is 0 Å². The van der Waals surface area contributed by atoms with Crippen LogP contribution >= 0.6 is 0 Å². The van der Waals surface area contributed by atoms with Gasteiger partial charge >= 0.3 is 11.6 Å². The minimum absolute atomic E-state index is 0.0549. The van der Waals surface area contributed by atoms with Gasteiger partial charge in [-0.2, -0.15) is 5.26 Å². The predicted octanol–water partition coefficient (Wildman–Crippen LogP) is 4.24. The maximum absolute atomic E-state index is 12.7. The summed E-state index contributed by atoms with van der Waals surface area (Å²) in [6.45, 7) is 0.277. The van der Waals surface area contributed by atoms with Gasteiger partial charge in [0.15, 0.2) is 11.5 Å². The fraction of sp³-hybridized carbons (Fsp3) is 0.0714. The number of nitriles is 1. The van der Waals surface area contributed by atoms with Crippen LogP contribution in [0.5, 0.6) is 11.5 Å². The number of nitrogens with one attached hydrogen (secondary N) is 1. The van der Waals surface area contributed by atoms with E-state index in [0.29, 0.717) is 16.5 Å². The van der Waals surface area contributed by atoms with E-state index in [-0.39, 0.29) is 29.2 Å². The number of nitrogens with zero attached hydrogens (tertiary/aromatic N) is 1. The molecule has 178 valence electrons. The van der Waals surface area contributed by atoms with Gasteiger partial charge in [-0.3, -0.25) is 4.79 Å². The molecule has 0 atom stereocenters. The fourth-order valence-electron chi connectivity index (χ4n) is 3.41. The van der Waals surface area contributed by atoms with Gasteiger partial charge in [0, 0.05) is 11.9 Å². The lowest BCUT2D eigenvalue weighted by molar-refractivity contribution is -0.117. The molecule has 4 rings (SSSR count). The third kappa shape index (κ3) is 5.48. The first kappa shape index (κ1) is 24.0. The van der Waals surface area contributed by atoms with Gasteiger partial charge in [-0.05, 0) is 41.5 Å². The lowest BCUT2D eigenvalue weighted by Crippen LogP contribution is -2.23. The van der Waals surface area contributed by atoms with Crippen LogP contribution in [0.25, 0.3) is 17.0 Å². The molecule has 0 aliphatic rings. The van der Waals surface area contributed by atoms with Gasteiger partial charge in [0.25, 0.3) is 5.91 Å². The zero-order chi connectivity index (χ0) is 25.5. The molecule has 1 aromatic heterocycles. The maximum Gasteiger partial charge on any atom is 0.351 e. The largest absolute Gasteiger partial charge is 0.493 e. The summed E-state index contributed by atoms with van der Waals surface area (Å²) in [5.74, 6) is -1.21. The number of hydrogen-bond acceptors (Lipinski definition) is 7. The molecule has 1 amide bonds. The molecular formula is C28H20N2O6. The summed E-state index contributed by atoms with van der Waals surface area (Å²) in [6.07, 6.45) is 1.40. The average molecular weight is 480 g/mol. The molecule has 1 N–H and O–H groups in total. The highest BCUT2D eigenvalue weighted by molar-refractivity contribution is 6.01. The number of rotatable bonds is 7. The lowest BCUT2D eigenvalue weighted by atomic mass is 10.1. The van der Waals surface area contributed by atoms with Crippen molar-refractivity contribution in [1.82, 2.24) is 5.32 Å². The van der Waals surface area contributed by atoms with Crippen LogP contribution in [0.1, 0.15) is 21.5 Å². The number of carbonyl (C=O) groups excluding carboxylic acids is 2. The Kier molecular flexibility index (Phi) is 7.22. The van der Waals surface area contributed by atoms with Gasteiger partial charge in [-0.15, -0.1) is 0 Å². The number of carbonyl (C=O) groups is 2. The molecule has 0 radical (unpaired) electrons. The Morgan fingerprint density at radius 2 is 1.75 bits per heavy atom. The quantitative estimate of drug-likeness (QED) is 0.138. The normalized spacial score (nSPS) is 10.9. The lowest BCUT2D eigenvalue weighted by Gasteiger charge is -2.10. The Morgan fingerprint density at radius 3 is 2.50 bits per heavy atom. The van der Waals surface area contributed by atoms with E-state index < -0.39 is 17.5 Å². The van der Waals surface area contributed by atoms with Crippen molar-refractivity contribution in [2.45, 2.75) is 6.54 Å². The molecule has 8 heteroatoms. The summed E-state index contributed by atoms with van der Waals surface area (Å²) >= 11 is 0. The number of amides is 1. The summed E-state index contributed by atoms with van der Waals surface area (Å²) in [7, 11) is 1.38. The molecule has 0 saturated heterocycles. The van der Waals surface area contributed by atoms with Crippen LogP contribution in [-0.4, -0.2) is 19.0 Å². The third-order valence-corrected chi connectivity index (χ3v) is 5.22. The number of esters is 1. The van der Waals surface area contributed by atoms with E-state index in [9.17, 15) is 19.6 Å². The molecule has 0 unspecified atom stereocenters. The minimum atomic E-state index is -0.908. The summed E-state index contributed by atoms with van der Waals surface area (Å²) in [6, 6.07) is 23.9. The van der Waals surface area contributed by atoms with Crippen LogP contribution in [0.3, 0.4) is 0 Å². The number of para-hydroxylation sites is 1. The van der Waals surface area contributed by atoms with Crippen LogP contribution in [0, 0.1) is 11.3 Å².